The third kappa shape index (κ3) is 5.00. The quantitative estimate of drug-likeness (QED) is 0.250. The molecule has 2 aromatic carbocycles. The number of alkyl halides is 3. The number of hydrogen-bond donors (Lipinski definition) is 2. The summed E-state index contributed by atoms with van der Waals surface area (Å²) in [5.74, 6) is -1.31. The molecule has 0 radical (unpaired) electrons. The van der Waals surface area contributed by atoms with Gasteiger partial charge in [-0.25, -0.2) is 18.3 Å². The molecular formula is C29H26F5N5O. The van der Waals surface area contributed by atoms with Crippen LogP contribution in [0.2, 0.25) is 0 Å². The van der Waals surface area contributed by atoms with Gasteiger partial charge in [-0.1, -0.05) is 6.07 Å². The van der Waals surface area contributed by atoms with E-state index in [9.17, 15) is 26.7 Å². The molecule has 2 aromatic heterocycles. The Hall–Kier alpha value is -4.02. The Bertz CT molecular complexity index is 1620. The van der Waals surface area contributed by atoms with Crippen LogP contribution in [0.25, 0.3) is 16.9 Å². The Morgan fingerprint density at radius 1 is 1.10 bits per heavy atom. The van der Waals surface area contributed by atoms with Crippen LogP contribution in [0.4, 0.5) is 27.6 Å². The summed E-state index contributed by atoms with van der Waals surface area (Å²) in [5, 5.41) is 10.6. The molecule has 0 spiro atoms. The zero-order chi connectivity index (χ0) is 28.2. The van der Waals surface area contributed by atoms with E-state index in [1.54, 1.807) is 24.4 Å². The highest BCUT2D eigenvalue weighted by atomic mass is 19.4. The molecule has 0 saturated heterocycles. The Kier molecular flexibility index (Phi) is 6.27. The van der Waals surface area contributed by atoms with Gasteiger partial charge in [-0.3, -0.25) is 4.79 Å². The molecule has 0 atom stereocenters. The zero-order valence-electron chi connectivity index (χ0n) is 21.6. The number of halogens is 5. The van der Waals surface area contributed by atoms with Crippen LogP contribution < -0.4 is 10.6 Å². The van der Waals surface area contributed by atoms with Crippen molar-refractivity contribution in [3.63, 3.8) is 0 Å². The molecule has 11 heteroatoms. The van der Waals surface area contributed by atoms with Crippen molar-refractivity contribution in [3.8, 4) is 11.3 Å². The largest absolute Gasteiger partial charge is 0.390 e. The van der Waals surface area contributed by atoms with Crippen LogP contribution in [-0.4, -0.2) is 39.3 Å². The van der Waals surface area contributed by atoms with Crippen LogP contribution in [0.15, 0.2) is 48.7 Å². The predicted octanol–water partition coefficient (Wildman–Crippen LogP) is 6.32. The first-order chi connectivity index (χ1) is 19.0. The van der Waals surface area contributed by atoms with E-state index in [-0.39, 0.29) is 17.5 Å². The number of fused-ring (bicyclic) bond motifs is 1. The second kappa shape index (κ2) is 9.57. The minimum Gasteiger partial charge on any atom is -0.382 e. The van der Waals surface area contributed by atoms with Gasteiger partial charge in [-0.05, 0) is 74.6 Å². The number of aromatic nitrogens is 3. The molecule has 0 aliphatic heterocycles. The lowest BCUT2D eigenvalue weighted by atomic mass is 9.91. The van der Waals surface area contributed by atoms with Gasteiger partial charge in [-0.15, -0.1) is 0 Å². The van der Waals surface area contributed by atoms with E-state index in [1.807, 2.05) is 13.0 Å². The summed E-state index contributed by atoms with van der Waals surface area (Å²) in [4.78, 5) is 17.0. The second-order valence-electron chi connectivity index (χ2n) is 10.6. The normalized spacial score (nSPS) is 16.2. The Morgan fingerprint density at radius 3 is 2.55 bits per heavy atom. The first-order valence-electron chi connectivity index (χ1n) is 13.1. The lowest BCUT2D eigenvalue weighted by molar-refractivity contribution is -0.131. The summed E-state index contributed by atoms with van der Waals surface area (Å²) < 4.78 is 69.2. The summed E-state index contributed by atoms with van der Waals surface area (Å²) in [6.07, 6.45) is -0.908. The average molecular weight is 556 g/mol. The standard InChI is InChI=1S/C29H26F5N5O/c1-16-12-17(2-6-20(16)27(40)37-19-4-5-19)24-15-36-26-23(35-11-10-29(32,33)34)14-25(38-39(24)26)28(8-9-28)21-13-18(30)3-7-22(21)31/h2-3,6-7,12-15,19,35H,4-5,8-11H2,1H3,(H,37,40). The van der Waals surface area contributed by atoms with E-state index in [2.05, 4.69) is 15.6 Å². The molecule has 2 N–H and O–H groups in total. The number of benzene rings is 2. The fourth-order valence-electron chi connectivity index (χ4n) is 5.09. The highest BCUT2D eigenvalue weighted by Gasteiger charge is 2.50. The van der Waals surface area contributed by atoms with Gasteiger partial charge < -0.3 is 10.6 Å². The third-order valence-electron chi connectivity index (χ3n) is 7.56. The highest BCUT2D eigenvalue weighted by Crippen LogP contribution is 2.54. The van der Waals surface area contributed by atoms with E-state index in [4.69, 9.17) is 5.10 Å². The number of rotatable bonds is 8. The maximum Gasteiger partial charge on any atom is 0.390 e. The van der Waals surface area contributed by atoms with E-state index in [1.165, 1.54) is 4.52 Å². The Balaban J connectivity index is 1.43. The first kappa shape index (κ1) is 26.2. The van der Waals surface area contributed by atoms with Gasteiger partial charge in [0.1, 0.15) is 11.6 Å². The number of nitrogens with zero attached hydrogens (tertiary/aromatic N) is 3. The molecule has 40 heavy (non-hydrogen) atoms. The van der Waals surface area contributed by atoms with Gasteiger partial charge in [0.2, 0.25) is 0 Å². The SMILES string of the molecule is Cc1cc(-c2cnc3c(NCCC(F)(F)F)cc(C4(c5cc(F)ccc5F)CC4)nn23)ccc1C(=O)NC1CC1. The lowest BCUT2D eigenvalue weighted by Gasteiger charge is -2.19. The molecule has 208 valence electrons. The Labute approximate surface area is 226 Å². The van der Waals surface area contributed by atoms with Gasteiger partial charge in [0.25, 0.3) is 5.91 Å². The van der Waals surface area contributed by atoms with Crippen LogP contribution in [0.3, 0.4) is 0 Å². The van der Waals surface area contributed by atoms with Gasteiger partial charge in [0, 0.05) is 34.7 Å². The first-order valence-corrected chi connectivity index (χ1v) is 13.1. The van der Waals surface area contributed by atoms with Gasteiger partial charge in [0.15, 0.2) is 5.65 Å². The molecule has 2 aliphatic rings. The zero-order valence-corrected chi connectivity index (χ0v) is 21.6. The molecule has 6 rings (SSSR count). The number of carbonyl (C=O) groups is 1. The number of amides is 1. The van der Waals surface area contributed by atoms with Gasteiger partial charge in [-0.2, -0.15) is 18.3 Å². The summed E-state index contributed by atoms with van der Waals surface area (Å²) >= 11 is 0. The summed E-state index contributed by atoms with van der Waals surface area (Å²) in [6, 6.07) is 10.4. The van der Waals surface area contributed by atoms with Crippen molar-refractivity contribution < 1.29 is 26.7 Å². The molecule has 2 saturated carbocycles. The van der Waals surface area contributed by atoms with E-state index < -0.39 is 36.2 Å². The summed E-state index contributed by atoms with van der Waals surface area (Å²) in [7, 11) is 0. The molecule has 0 unspecified atom stereocenters. The molecule has 2 heterocycles. The molecule has 6 nitrogen and oxygen atoms in total. The van der Waals surface area contributed by atoms with Gasteiger partial charge >= 0.3 is 6.18 Å². The van der Waals surface area contributed by atoms with Crippen molar-refractivity contribution in [2.45, 2.75) is 56.7 Å². The van der Waals surface area contributed by atoms with Crippen LogP contribution in [0.5, 0.6) is 0 Å². The lowest BCUT2D eigenvalue weighted by Crippen LogP contribution is -2.26. The van der Waals surface area contributed by atoms with Crippen molar-refractivity contribution in [2.24, 2.45) is 0 Å². The molecule has 2 fully saturated rings. The minimum atomic E-state index is -4.35. The van der Waals surface area contributed by atoms with Crippen LogP contribution in [0.1, 0.15) is 59.3 Å². The maximum absolute atomic E-state index is 14.9. The summed E-state index contributed by atoms with van der Waals surface area (Å²) in [6.45, 7) is 1.43. The number of imidazole rings is 1. The van der Waals surface area contributed by atoms with Crippen molar-refractivity contribution in [3.05, 3.63) is 82.7 Å². The van der Waals surface area contributed by atoms with Crippen molar-refractivity contribution in [1.29, 1.82) is 0 Å². The Morgan fingerprint density at radius 2 is 1.88 bits per heavy atom. The molecule has 4 aromatic rings. The molecule has 1 amide bonds. The predicted molar refractivity (Wildman–Crippen MR) is 139 cm³/mol. The average Bonchev–Trinajstić information content (AvgIpc) is 3.83. The number of aryl methyl sites for hydroxylation is 1. The minimum absolute atomic E-state index is 0.144. The van der Waals surface area contributed by atoms with Crippen molar-refractivity contribution >= 4 is 17.2 Å². The van der Waals surface area contributed by atoms with E-state index >= 15 is 0 Å². The number of hydrogen-bond acceptors (Lipinski definition) is 4. The van der Waals surface area contributed by atoms with Crippen molar-refractivity contribution in [1.82, 2.24) is 19.9 Å². The number of anilines is 1. The monoisotopic (exact) mass is 555 g/mol. The van der Waals surface area contributed by atoms with Crippen molar-refractivity contribution in [2.75, 3.05) is 11.9 Å². The van der Waals surface area contributed by atoms with Crippen LogP contribution in [0, 0.1) is 18.6 Å². The van der Waals surface area contributed by atoms with Crippen LogP contribution in [-0.2, 0) is 5.41 Å². The highest BCUT2D eigenvalue weighted by molar-refractivity contribution is 5.96. The maximum atomic E-state index is 14.9. The molecule has 2 aliphatic carbocycles. The smallest absolute Gasteiger partial charge is 0.382 e. The van der Waals surface area contributed by atoms with E-state index in [0.717, 1.165) is 36.6 Å². The van der Waals surface area contributed by atoms with Gasteiger partial charge in [0.05, 0.1) is 29.7 Å². The fourth-order valence-corrected chi connectivity index (χ4v) is 5.09. The second-order valence-corrected chi connectivity index (χ2v) is 10.6. The topological polar surface area (TPSA) is 71.3 Å². The third-order valence-corrected chi connectivity index (χ3v) is 7.56. The van der Waals surface area contributed by atoms with Crippen LogP contribution >= 0.6 is 0 Å². The number of carbonyl (C=O) groups excluding carboxylic acids is 1. The fraction of sp³-hybridized carbons (Fsp3) is 0.345. The number of nitrogens with one attached hydrogen (secondary N) is 2. The summed E-state index contributed by atoms with van der Waals surface area (Å²) in [5.41, 5.74) is 2.77. The molecular weight excluding hydrogens is 529 g/mol. The van der Waals surface area contributed by atoms with E-state index in [0.29, 0.717) is 46.7 Å². The molecule has 0 bridgehead atoms.